The Kier molecular flexibility index (Phi) is 9.91. The highest BCUT2D eigenvalue weighted by molar-refractivity contribution is 7.26. The van der Waals surface area contributed by atoms with E-state index in [1.165, 1.54) is 137 Å². The van der Waals surface area contributed by atoms with Crippen molar-refractivity contribution in [3.8, 4) is 22.3 Å². The number of aryl methyl sites for hydroxylation is 3. The van der Waals surface area contributed by atoms with Crippen molar-refractivity contribution in [1.82, 2.24) is 0 Å². The van der Waals surface area contributed by atoms with Crippen LogP contribution in [0.1, 0.15) is 76.0 Å². The first-order chi connectivity index (χ1) is 28.6. The zero-order valence-corrected chi connectivity index (χ0v) is 34.9. The monoisotopic (exact) mass is 770 g/mol. The molecule has 2 nitrogen and oxygen atoms in total. The van der Waals surface area contributed by atoms with E-state index < -0.39 is 0 Å². The molecule has 3 heterocycles. The molecule has 0 fully saturated rings. The summed E-state index contributed by atoms with van der Waals surface area (Å²) in [6, 6.07) is 56.3. The van der Waals surface area contributed by atoms with Crippen LogP contribution in [0.15, 0.2) is 146 Å². The molecule has 0 unspecified atom stereocenters. The van der Waals surface area contributed by atoms with Crippen LogP contribution in [0, 0.1) is 0 Å². The molecule has 0 N–H and O–H groups in total. The molecule has 0 amide bonds. The van der Waals surface area contributed by atoms with Crippen molar-refractivity contribution in [2.24, 2.45) is 0 Å². The quantitative estimate of drug-likeness (QED) is 0.114. The lowest BCUT2D eigenvalue weighted by atomic mass is 9.43. The Labute approximate surface area is 348 Å². The lowest BCUT2D eigenvalue weighted by Gasteiger charge is -2.46. The smallest absolute Gasteiger partial charge is 0.333 e. The number of hydrogen-bond acceptors (Lipinski definition) is 3. The molecule has 1 aromatic heterocycles. The molecule has 0 radical (unpaired) electrons. The Bertz CT molecular complexity index is 2770. The van der Waals surface area contributed by atoms with Gasteiger partial charge in [-0.1, -0.05) is 131 Å². The zero-order chi connectivity index (χ0) is 39.2. The number of hydrogen-bond donors (Lipinski definition) is 0. The average Bonchev–Trinajstić information content (AvgIpc) is 3.64. The van der Waals surface area contributed by atoms with Gasteiger partial charge in [-0.2, -0.15) is 0 Å². The van der Waals surface area contributed by atoms with Crippen molar-refractivity contribution in [3.63, 3.8) is 0 Å². The van der Waals surface area contributed by atoms with E-state index >= 15 is 0 Å². The van der Waals surface area contributed by atoms with Gasteiger partial charge in [0.25, 0.3) is 0 Å². The Morgan fingerprint density at radius 2 is 1.12 bits per heavy atom. The molecule has 58 heavy (non-hydrogen) atoms. The third kappa shape index (κ3) is 6.34. The Hall–Kier alpha value is -5.58. The van der Waals surface area contributed by atoms with E-state index in [2.05, 4.69) is 176 Å². The normalized spacial score (nSPS) is 12.9. The van der Waals surface area contributed by atoms with Crippen LogP contribution in [0.2, 0.25) is 0 Å². The van der Waals surface area contributed by atoms with Gasteiger partial charge in [0.15, 0.2) is 0 Å². The lowest BCUT2D eigenvalue weighted by molar-refractivity contribution is 0.795. The average molecular weight is 771 g/mol. The van der Waals surface area contributed by atoms with Gasteiger partial charge in [0.05, 0.1) is 5.69 Å². The van der Waals surface area contributed by atoms with Crippen LogP contribution in [0.5, 0.6) is 0 Å². The number of fused-ring (bicyclic) bond motifs is 7. The fraction of sp³-hybridized carbons (Fsp3) is 0.222. The molecule has 0 atom stereocenters. The highest BCUT2D eigenvalue weighted by atomic mass is 32.1. The summed E-state index contributed by atoms with van der Waals surface area (Å²) < 4.78 is 2.66. The van der Waals surface area contributed by atoms with E-state index in [1.54, 1.807) is 0 Å². The third-order valence-electron chi connectivity index (χ3n) is 12.6. The van der Waals surface area contributed by atoms with Crippen LogP contribution in [-0.4, -0.2) is 6.85 Å². The lowest BCUT2D eigenvalue weighted by Crippen LogP contribution is -2.61. The second-order valence-electron chi connectivity index (χ2n) is 16.4. The molecular weight excluding hydrogens is 719 g/mol. The zero-order valence-electron chi connectivity index (χ0n) is 34.1. The molecule has 0 saturated carbocycles. The number of anilines is 5. The summed E-state index contributed by atoms with van der Waals surface area (Å²) in [5, 5.41) is 2.68. The molecule has 0 aliphatic carbocycles. The van der Waals surface area contributed by atoms with Gasteiger partial charge in [0.2, 0.25) is 0 Å². The van der Waals surface area contributed by atoms with Crippen LogP contribution in [0.4, 0.5) is 28.4 Å². The van der Waals surface area contributed by atoms with E-state index in [0.717, 1.165) is 19.3 Å². The van der Waals surface area contributed by atoms with Gasteiger partial charge in [-0.15, -0.1) is 11.3 Å². The fourth-order valence-electron chi connectivity index (χ4n) is 9.61. The molecule has 2 aliphatic heterocycles. The summed E-state index contributed by atoms with van der Waals surface area (Å²) in [6.07, 6.45) is 10.5. The minimum atomic E-state index is -0.0139. The summed E-state index contributed by atoms with van der Waals surface area (Å²) >= 11 is 1.91. The van der Waals surface area contributed by atoms with Gasteiger partial charge in [0, 0.05) is 54.0 Å². The molecule has 2 aliphatic rings. The van der Waals surface area contributed by atoms with Gasteiger partial charge in [-0.3, -0.25) is 0 Å². The second kappa shape index (κ2) is 15.6. The van der Waals surface area contributed by atoms with Crippen LogP contribution in [-0.2, 0) is 19.3 Å². The maximum atomic E-state index is 2.68. The van der Waals surface area contributed by atoms with Gasteiger partial charge in [-0.25, -0.2) is 0 Å². The molecule has 0 spiro atoms. The summed E-state index contributed by atoms with van der Waals surface area (Å²) in [5.74, 6) is 0. The van der Waals surface area contributed by atoms with E-state index in [1.807, 2.05) is 11.3 Å². The predicted octanol–water partition coefficient (Wildman–Crippen LogP) is 14.5. The SMILES string of the molecule is CCCCc1ccc(N2B3c4cc5c(cc4N(c4ccc(CCCC)cc4-c4ccccc4)c4cccc(c43)-c3cc(CCCC)ccc32)sc2ccccc25)cc1. The number of benzene rings is 7. The summed E-state index contributed by atoms with van der Waals surface area (Å²) in [5.41, 5.74) is 18.5. The van der Waals surface area contributed by atoms with E-state index in [-0.39, 0.29) is 6.85 Å². The van der Waals surface area contributed by atoms with Gasteiger partial charge in [0.1, 0.15) is 0 Å². The molecular formula is C54H51BN2S. The van der Waals surface area contributed by atoms with Crippen molar-refractivity contribution in [2.75, 3.05) is 9.71 Å². The van der Waals surface area contributed by atoms with E-state index in [0.29, 0.717) is 0 Å². The molecule has 8 aromatic rings. The summed E-state index contributed by atoms with van der Waals surface area (Å²) in [4.78, 5) is 5.30. The van der Waals surface area contributed by atoms with Gasteiger partial charge >= 0.3 is 6.85 Å². The van der Waals surface area contributed by atoms with E-state index in [9.17, 15) is 0 Å². The Balaban J connectivity index is 1.28. The second-order valence-corrected chi connectivity index (χ2v) is 17.5. The minimum absolute atomic E-state index is 0.0139. The highest BCUT2D eigenvalue weighted by Crippen LogP contribution is 2.50. The maximum absolute atomic E-state index is 2.68. The van der Waals surface area contributed by atoms with Crippen molar-refractivity contribution in [3.05, 3.63) is 162 Å². The van der Waals surface area contributed by atoms with Crippen LogP contribution < -0.4 is 20.6 Å². The molecule has 10 rings (SSSR count). The van der Waals surface area contributed by atoms with E-state index in [4.69, 9.17) is 0 Å². The van der Waals surface area contributed by atoms with Gasteiger partial charge < -0.3 is 9.71 Å². The molecule has 286 valence electrons. The number of rotatable bonds is 12. The van der Waals surface area contributed by atoms with Crippen molar-refractivity contribution in [2.45, 2.75) is 78.6 Å². The van der Waals surface area contributed by atoms with Crippen molar-refractivity contribution < 1.29 is 0 Å². The van der Waals surface area contributed by atoms with Crippen LogP contribution in [0.3, 0.4) is 0 Å². The topological polar surface area (TPSA) is 6.48 Å². The number of nitrogens with zero attached hydrogens (tertiary/aromatic N) is 2. The highest BCUT2D eigenvalue weighted by Gasteiger charge is 2.45. The molecule has 7 aromatic carbocycles. The van der Waals surface area contributed by atoms with Crippen molar-refractivity contribution >= 4 is 77.7 Å². The third-order valence-corrected chi connectivity index (χ3v) is 13.7. The number of unbranched alkanes of at least 4 members (excludes halogenated alkanes) is 3. The largest absolute Gasteiger partial charge is 0.376 e. The van der Waals surface area contributed by atoms with Crippen molar-refractivity contribution in [1.29, 1.82) is 0 Å². The Morgan fingerprint density at radius 3 is 1.86 bits per heavy atom. The predicted molar refractivity (Wildman–Crippen MR) is 254 cm³/mol. The molecule has 0 saturated heterocycles. The standard InChI is InChI=1S/C54H51BN2S/c1-4-7-16-37-25-29-41(30-26-37)57-49-32-28-39(18-9-6-3)34-45(49)43-22-15-23-50-54(43)55(57)47-35-46-42-21-13-14-24-52(42)58-53(46)36-51(47)56(50)48-31-27-38(17-8-5-2)33-44(48)40-19-11-10-12-20-40/h10-15,19-36H,4-9,16-18H2,1-3H3. The molecule has 4 heteroatoms. The molecule has 0 bridgehead atoms. The minimum Gasteiger partial charge on any atom is -0.376 e. The first-order valence-electron chi connectivity index (χ1n) is 21.7. The first-order valence-corrected chi connectivity index (χ1v) is 22.5. The Morgan fingerprint density at radius 1 is 0.466 bits per heavy atom. The summed E-state index contributed by atoms with van der Waals surface area (Å²) in [6.45, 7) is 6.85. The first kappa shape index (κ1) is 36.7. The van der Waals surface area contributed by atoms with Gasteiger partial charge in [-0.05, 0) is 132 Å². The van der Waals surface area contributed by atoms with Crippen LogP contribution >= 0.6 is 11.3 Å². The number of thiophene rings is 1. The van der Waals surface area contributed by atoms with Crippen LogP contribution in [0.25, 0.3) is 42.4 Å². The fourth-order valence-corrected chi connectivity index (χ4v) is 10.7. The summed E-state index contributed by atoms with van der Waals surface area (Å²) in [7, 11) is 0. The maximum Gasteiger partial charge on any atom is 0.333 e.